The van der Waals surface area contributed by atoms with E-state index in [-0.39, 0.29) is 11.5 Å². The molecule has 1 fully saturated rings. The summed E-state index contributed by atoms with van der Waals surface area (Å²) in [5, 5.41) is 0. The molecule has 0 unspecified atom stereocenters. The fourth-order valence-electron chi connectivity index (χ4n) is 3.12. The Morgan fingerprint density at radius 3 is 2.22 bits per heavy atom. The maximum Gasteiger partial charge on any atom is 0.269 e. The van der Waals surface area contributed by atoms with Crippen molar-refractivity contribution in [2.24, 2.45) is 0 Å². The zero-order valence-corrected chi connectivity index (χ0v) is 12.9. The second-order valence-corrected chi connectivity index (χ2v) is 5.89. The first-order valence-electron chi connectivity index (χ1n) is 7.85. The molecule has 2 amide bonds. The summed E-state index contributed by atoms with van der Waals surface area (Å²) in [5.74, 6) is -0.316. The molecule has 0 aromatic heterocycles. The summed E-state index contributed by atoms with van der Waals surface area (Å²) < 4.78 is 0. The third-order valence-corrected chi connectivity index (χ3v) is 4.42. The number of piperidine rings is 1. The van der Waals surface area contributed by atoms with Crippen LogP contribution in [0.4, 0.5) is 0 Å². The van der Waals surface area contributed by atoms with E-state index in [1.165, 1.54) is 11.6 Å². The minimum atomic E-state index is -0.762. The first-order chi connectivity index (χ1) is 11.1. The molecule has 23 heavy (non-hydrogen) atoms. The summed E-state index contributed by atoms with van der Waals surface area (Å²) in [6.07, 6.45) is 1.90. The molecule has 1 radical (unpaired) electrons. The number of hydrogen-bond acceptors (Lipinski definition) is 2. The molecular formula is C19H19N2O2. The standard InChI is InChI=1S/C19H19N2O2/c20-18(22)16-7-4-8-17(13-16)19(23)21-11-9-15(10-12-21)14-5-2-1-3-6-14/h1-8,13,15,20H,9-12H2. The van der Waals surface area contributed by atoms with Gasteiger partial charge >= 0.3 is 0 Å². The Labute approximate surface area is 135 Å². The summed E-state index contributed by atoms with van der Waals surface area (Å²) in [5.41, 5.74) is 9.24. The molecule has 0 spiro atoms. The first kappa shape index (κ1) is 15.3. The van der Waals surface area contributed by atoms with Gasteiger partial charge < -0.3 is 4.90 Å². The number of benzene rings is 2. The van der Waals surface area contributed by atoms with E-state index in [4.69, 9.17) is 5.73 Å². The zero-order chi connectivity index (χ0) is 16.2. The van der Waals surface area contributed by atoms with Crippen molar-refractivity contribution >= 4 is 11.8 Å². The van der Waals surface area contributed by atoms with Crippen molar-refractivity contribution in [3.63, 3.8) is 0 Å². The molecule has 1 aliphatic heterocycles. The topological polar surface area (TPSA) is 61.2 Å². The van der Waals surface area contributed by atoms with E-state index in [1.807, 2.05) is 11.0 Å². The highest BCUT2D eigenvalue weighted by molar-refractivity contribution is 5.98. The van der Waals surface area contributed by atoms with Gasteiger partial charge in [0, 0.05) is 24.2 Å². The van der Waals surface area contributed by atoms with E-state index in [2.05, 4.69) is 24.3 Å². The van der Waals surface area contributed by atoms with Gasteiger partial charge in [-0.25, -0.2) is 0 Å². The third-order valence-electron chi connectivity index (χ3n) is 4.42. The molecule has 3 rings (SSSR count). The Balaban J connectivity index is 1.66. The van der Waals surface area contributed by atoms with Gasteiger partial charge in [0.1, 0.15) is 0 Å². The number of rotatable bonds is 3. The Hall–Kier alpha value is -2.62. The molecule has 4 nitrogen and oxygen atoms in total. The van der Waals surface area contributed by atoms with Gasteiger partial charge in [-0.15, -0.1) is 0 Å². The van der Waals surface area contributed by atoms with Gasteiger partial charge in [-0.2, -0.15) is 0 Å². The highest BCUT2D eigenvalue weighted by Crippen LogP contribution is 2.28. The smallest absolute Gasteiger partial charge is 0.269 e. The second-order valence-electron chi connectivity index (χ2n) is 5.89. The van der Waals surface area contributed by atoms with E-state index in [0.717, 1.165) is 25.9 Å². The molecule has 0 bridgehead atoms. The van der Waals surface area contributed by atoms with Crippen LogP contribution in [0.25, 0.3) is 0 Å². The van der Waals surface area contributed by atoms with Crippen molar-refractivity contribution in [3.05, 3.63) is 71.3 Å². The lowest BCUT2D eigenvalue weighted by atomic mass is 9.89. The molecule has 2 aromatic carbocycles. The zero-order valence-electron chi connectivity index (χ0n) is 12.9. The quantitative estimate of drug-likeness (QED) is 0.874. The van der Waals surface area contributed by atoms with Crippen LogP contribution in [-0.4, -0.2) is 29.8 Å². The average molecular weight is 307 g/mol. The number of nitrogens with one attached hydrogen (secondary N) is 1. The summed E-state index contributed by atoms with van der Waals surface area (Å²) in [4.78, 5) is 25.5. The van der Waals surface area contributed by atoms with Gasteiger partial charge in [0.25, 0.3) is 11.8 Å². The average Bonchev–Trinajstić information content (AvgIpc) is 2.62. The normalized spacial score (nSPS) is 15.4. The van der Waals surface area contributed by atoms with Crippen molar-refractivity contribution in [3.8, 4) is 0 Å². The van der Waals surface area contributed by atoms with E-state index < -0.39 is 5.91 Å². The van der Waals surface area contributed by atoms with Crippen molar-refractivity contribution in [2.45, 2.75) is 18.8 Å². The van der Waals surface area contributed by atoms with Gasteiger partial charge in [0.2, 0.25) is 0 Å². The SMILES string of the molecule is [NH]C(=O)c1cccc(C(=O)N2CCC(c3ccccc3)CC2)c1. The number of amides is 2. The minimum Gasteiger partial charge on any atom is -0.339 e. The van der Waals surface area contributed by atoms with E-state index in [1.54, 1.807) is 18.2 Å². The van der Waals surface area contributed by atoms with Crippen LogP contribution >= 0.6 is 0 Å². The van der Waals surface area contributed by atoms with Crippen LogP contribution in [0.5, 0.6) is 0 Å². The number of hydrogen-bond donors (Lipinski definition) is 0. The predicted octanol–water partition coefficient (Wildman–Crippen LogP) is 3.13. The van der Waals surface area contributed by atoms with E-state index >= 15 is 0 Å². The molecule has 0 aliphatic carbocycles. The first-order valence-corrected chi connectivity index (χ1v) is 7.85. The van der Waals surface area contributed by atoms with Crippen LogP contribution in [0.15, 0.2) is 54.6 Å². The van der Waals surface area contributed by atoms with Crippen LogP contribution in [0.3, 0.4) is 0 Å². The molecule has 1 N–H and O–H groups in total. The summed E-state index contributed by atoms with van der Waals surface area (Å²) in [7, 11) is 0. The molecular weight excluding hydrogens is 288 g/mol. The van der Waals surface area contributed by atoms with Gasteiger partial charge in [0.05, 0.1) is 0 Å². The van der Waals surface area contributed by atoms with Crippen molar-refractivity contribution in [1.82, 2.24) is 10.6 Å². The monoisotopic (exact) mass is 307 g/mol. The number of nitrogens with zero attached hydrogens (tertiary/aromatic N) is 1. The highest BCUT2D eigenvalue weighted by atomic mass is 16.2. The lowest BCUT2D eigenvalue weighted by Crippen LogP contribution is -2.38. The fraction of sp³-hybridized carbons (Fsp3) is 0.263. The third kappa shape index (κ3) is 3.42. The largest absolute Gasteiger partial charge is 0.339 e. The van der Waals surface area contributed by atoms with Crippen LogP contribution in [0.2, 0.25) is 0 Å². The second kappa shape index (κ2) is 6.65. The van der Waals surface area contributed by atoms with Gasteiger partial charge in [-0.05, 0) is 42.5 Å². The molecule has 1 aliphatic rings. The lowest BCUT2D eigenvalue weighted by Gasteiger charge is -2.32. The highest BCUT2D eigenvalue weighted by Gasteiger charge is 2.24. The molecule has 117 valence electrons. The number of likely N-dealkylation sites (tertiary alicyclic amines) is 1. The minimum absolute atomic E-state index is 0.0559. The van der Waals surface area contributed by atoms with Crippen molar-refractivity contribution < 1.29 is 9.59 Å². The molecule has 0 saturated carbocycles. The van der Waals surface area contributed by atoms with Gasteiger partial charge in [-0.1, -0.05) is 36.4 Å². The summed E-state index contributed by atoms with van der Waals surface area (Å²) in [6.45, 7) is 1.44. The van der Waals surface area contributed by atoms with Crippen LogP contribution < -0.4 is 5.73 Å². The van der Waals surface area contributed by atoms with E-state index in [0.29, 0.717) is 11.5 Å². The number of carbonyl (C=O) groups is 2. The molecule has 2 aromatic rings. The fourth-order valence-corrected chi connectivity index (χ4v) is 3.12. The predicted molar refractivity (Wildman–Crippen MR) is 88.2 cm³/mol. The maximum absolute atomic E-state index is 12.6. The maximum atomic E-state index is 12.6. The molecule has 0 atom stereocenters. The Kier molecular flexibility index (Phi) is 4.42. The van der Waals surface area contributed by atoms with E-state index in [9.17, 15) is 9.59 Å². The molecule has 1 saturated heterocycles. The molecule has 4 heteroatoms. The Morgan fingerprint density at radius 2 is 1.57 bits per heavy atom. The van der Waals surface area contributed by atoms with Crippen LogP contribution in [-0.2, 0) is 0 Å². The van der Waals surface area contributed by atoms with Crippen molar-refractivity contribution in [1.29, 1.82) is 0 Å². The molecule has 1 heterocycles. The number of carbonyl (C=O) groups excluding carboxylic acids is 2. The Morgan fingerprint density at radius 1 is 0.913 bits per heavy atom. The Bertz CT molecular complexity index is 704. The lowest BCUT2D eigenvalue weighted by molar-refractivity contribution is 0.0713. The summed E-state index contributed by atoms with van der Waals surface area (Å²) >= 11 is 0. The summed E-state index contributed by atoms with van der Waals surface area (Å²) in [6, 6.07) is 16.9. The van der Waals surface area contributed by atoms with Crippen molar-refractivity contribution in [2.75, 3.05) is 13.1 Å². The van der Waals surface area contributed by atoms with Crippen LogP contribution in [0.1, 0.15) is 45.0 Å². The van der Waals surface area contributed by atoms with Gasteiger partial charge in [-0.3, -0.25) is 15.3 Å². The van der Waals surface area contributed by atoms with Gasteiger partial charge in [0.15, 0.2) is 0 Å². The van der Waals surface area contributed by atoms with Crippen LogP contribution in [0, 0.1) is 0 Å².